The van der Waals surface area contributed by atoms with Crippen LogP contribution in [-0.4, -0.2) is 30.8 Å². The molecule has 2 aromatic rings. The molecule has 0 fully saturated rings. The standard InChI is InChI=1S/C25H31N3O2.3C2H6/c1-5-7-8-25(30)27-22-11-9-20(10-12-22)18(3)15-19(6-2)24-16-21(17-29)23(28-24)13-14-26-4;3*1-2/h5,9-12,15-17,26,28H,1,3,6-8,13-14H2,2,4H3,(H,27,30);3*1-2H3/b19-15+;;;. The van der Waals surface area contributed by atoms with Gasteiger partial charge in [-0.15, -0.1) is 6.58 Å². The third-order valence-electron chi connectivity index (χ3n) is 4.88. The zero-order valence-electron chi connectivity index (χ0n) is 23.9. The van der Waals surface area contributed by atoms with Gasteiger partial charge >= 0.3 is 0 Å². The molecule has 5 nitrogen and oxygen atoms in total. The van der Waals surface area contributed by atoms with E-state index in [0.29, 0.717) is 18.4 Å². The van der Waals surface area contributed by atoms with Gasteiger partial charge in [0, 0.05) is 42.0 Å². The molecule has 1 aromatic heterocycles. The van der Waals surface area contributed by atoms with E-state index in [1.807, 2.05) is 85.0 Å². The predicted molar refractivity (Wildman–Crippen MR) is 160 cm³/mol. The van der Waals surface area contributed by atoms with E-state index < -0.39 is 0 Å². The SMILES string of the molecule is C=CCCC(=O)Nc1ccc(C(=C)/C=C(\CC)c2cc(C=O)c(CCNC)[nH]2)cc1.CC.CC.CC. The van der Waals surface area contributed by atoms with Crippen molar-refractivity contribution < 1.29 is 9.59 Å². The molecular formula is C31H49N3O2. The normalized spacial score (nSPS) is 9.83. The number of H-pyrrole nitrogens is 1. The van der Waals surface area contributed by atoms with Gasteiger partial charge in [0.15, 0.2) is 6.29 Å². The molecule has 1 amide bonds. The largest absolute Gasteiger partial charge is 0.358 e. The average Bonchev–Trinajstić information content (AvgIpc) is 3.36. The number of likely N-dealkylation sites (N-methyl/N-ethyl adjacent to an activating group) is 1. The van der Waals surface area contributed by atoms with Crippen LogP contribution in [0.2, 0.25) is 0 Å². The molecule has 36 heavy (non-hydrogen) atoms. The number of nitrogens with one attached hydrogen (secondary N) is 3. The zero-order chi connectivity index (χ0) is 27.9. The lowest BCUT2D eigenvalue weighted by Crippen LogP contribution is -2.11. The van der Waals surface area contributed by atoms with Gasteiger partial charge in [-0.3, -0.25) is 9.59 Å². The van der Waals surface area contributed by atoms with Crippen LogP contribution >= 0.6 is 0 Å². The Balaban J connectivity index is 0. The van der Waals surface area contributed by atoms with Crippen LogP contribution in [0.4, 0.5) is 5.69 Å². The van der Waals surface area contributed by atoms with Gasteiger partial charge < -0.3 is 15.6 Å². The Hall–Kier alpha value is -3.18. The van der Waals surface area contributed by atoms with Gasteiger partial charge in [0.05, 0.1) is 0 Å². The number of carbonyl (C=O) groups is 2. The first kappa shape index (κ1) is 35.0. The Labute approximate surface area is 220 Å². The molecule has 0 radical (unpaired) electrons. The minimum absolute atomic E-state index is 0.0264. The number of amides is 1. The van der Waals surface area contributed by atoms with E-state index >= 15 is 0 Å². The summed E-state index contributed by atoms with van der Waals surface area (Å²) < 4.78 is 0. The minimum atomic E-state index is -0.0264. The van der Waals surface area contributed by atoms with Gasteiger partial charge in [0.2, 0.25) is 5.91 Å². The zero-order valence-corrected chi connectivity index (χ0v) is 23.9. The Morgan fingerprint density at radius 2 is 1.67 bits per heavy atom. The van der Waals surface area contributed by atoms with Gasteiger partial charge in [0.1, 0.15) is 0 Å². The molecule has 2 rings (SSSR count). The molecular weight excluding hydrogens is 446 g/mol. The lowest BCUT2D eigenvalue weighted by atomic mass is 10.0. The topological polar surface area (TPSA) is 74.0 Å². The van der Waals surface area contributed by atoms with Crippen molar-refractivity contribution in [2.24, 2.45) is 0 Å². The Morgan fingerprint density at radius 3 is 2.17 bits per heavy atom. The van der Waals surface area contributed by atoms with Gasteiger partial charge in [-0.05, 0) is 60.9 Å². The van der Waals surface area contributed by atoms with Crippen LogP contribution in [0, 0.1) is 0 Å². The average molecular weight is 496 g/mol. The van der Waals surface area contributed by atoms with Crippen LogP contribution in [0.25, 0.3) is 11.1 Å². The molecule has 0 saturated carbocycles. The van der Waals surface area contributed by atoms with Gasteiger partial charge in [-0.25, -0.2) is 0 Å². The molecule has 0 unspecified atom stereocenters. The minimum Gasteiger partial charge on any atom is -0.358 e. The molecule has 3 N–H and O–H groups in total. The number of hydrogen-bond donors (Lipinski definition) is 3. The number of benzene rings is 1. The first-order valence-electron chi connectivity index (χ1n) is 13.2. The first-order valence-corrected chi connectivity index (χ1v) is 13.2. The fourth-order valence-corrected chi connectivity index (χ4v) is 3.14. The number of aldehydes is 1. The summed E-state index contributed by atoms with van der Waals surface area (Å²) in [5.41, 5.74) is 6.27. The molecule has 0 spiro atoms. The number of rotatable bonds is 12. The molecule has 0 aliphatic carbocycles. The van der Waals surface area contributed by atoms with Crippen molar-refractivity contribution in [3.63, 3.8) is 0 Å². The maximum absolute atomic E-state index is 11.8. The fraction of sp³-hybridized carbons (Fsp3) is 0.419. The number of anilines is 1. The lowest BCUT2D eigenvalue weighted by molar-refractivity contribution is -0.116. The molecule has 200 valence electrons. The summed E-state index contributed by atoms with van der Waals surface area (Å²) in [5.74, 6) is -0.0264. The molecule has 0 atom stereocenters. The molecule has 0 aliphatic rings. The van der Waals surface area contributed by atoms with Crippen molar-refractivity contribution in [1.82, 2.24) is 10.3 Å². The molecule has 1 aromatic carbocycles. The second-order valence-corrected chi connectivity index (χ2v) is 7.09. The van der Waals surface area contributed by atoms with E-state index in [1.165, 1.54) is 0 Å². The van der Waals surface area contributed by atoms with Crippen molar-refractivity contribution in [2.45, 2.75) is 74.1 Å². The third-order valence-corrected chi connectivity index (χ3v) is 4.88. The predicted octanol–water partition coefficient (Wildman–Crippen LogP) is 8.08. The van der Waals surface area contributed by atoms with E-state index in [4.69, 9.17) is 0 Å². The molecule has 0 aliphatic heterocycles. The van der Waals surface area contributed by atoms with Crippen LogP contribution in [0.15, 0.2) is 55.6 Å². The van der Waals surface area contributed by atoms with E-state index in [1.54, 1.807) is 6.08 Å². The van der Waals surface area contributed by atoms with Gasteiger partial charge in [-0.2, -0.15) is 0 Å². The number of carbonyl (C=O) groups excluding carboxylic acids is 2. The number of allylic oxidation sites excluding steroid dienone is 4. The first-order chi connectivity index (χ1) is 17.5. The van der Waals surface area contributed by atoms with E-state index in [0.717, 1.165) is 59.5 Å². The van der Waals surface area contributed by atoms with Crippen molar-refractivity contribution in [3.8, 4) is 0 Å². The van der Waals surface area contributed by atoms with E-state index in [9.17, 15) is 9.59 Å². The maximum atomic E-state index is 11.8. The Bertz CT molecular complexity index is 922. The summed E-state index contributed by atoms with van der Waals surface area (Å²) in [6, 6.07) is 9.54. The number of aromatic amines is 1. The van der Waals surface area contributed by atoms with Crippen LogP contribution in [0.1, 0.15) is 95.0 Å². The summed E-state index contributed by atoms with van der Waals surface area (Å²) in [7, 11) is 1.89. The van der Waals surface area contributed by atoms with Crippen molar-refractivity contribution in [3.05, 3.63) is 78.2 Å². The van der Waals surface area contributed by atoms with E-state index in [-0.39, 0.29) is 5.91 Å². The smallest absolute Gasteiger partial charge is 0.224 e. The Kier molecular flexibility index (Phi) is 21.7. The monoisotopic (exact) mass is 495 g/mol. The quantitative estimate of drug-likeness (QED) is 0.158. The lowest BCUT2D eigenvalue weighted by Gasteiger charge is -2.08. The highest BCUT2D eigenvalue weighted by Crippen LogP contribution is 2.26. The highest BCUT2D eigenvalue weighted by Gasteiger charge is 2.11. The van der Waals surface area contributed by atoms with E-state index in [2.05, 4.69) is 35.7 Å². The van der Waals surface area contributed by atoms with Crippen molar-refractivity contribution in [1.29, 1.82) is 0 Å². The highest BCUT2D eigenvalue weighted by atomic mass is 16.1. The fourth-order valence-electron chi connectivity index (χ4n) is 3.14. The summed E-state index contributed by atoms with van der Waals surface area (Å²) in [4.78, 5) is 26.6. The summed E-state index contributed by atoms with van der Waals surface area (Å²) >= 11 is 0. The highest BCUT2D eigenvalue weighted by molar-refractivity contribution is 5.91. The van der Waals surface area contributed by atoms with Gasteiger partial charge in [0.25, 0.3) is 0 Å². The van der Waals surface area contributed by atoms with Crippen LogP contribution in [-0.2, 0) is 11.2 Å². The van der Waals surface area contributed by atoms with Crippen molar-refractivity contribution >= 4 is 29.0 Å². The summed E-state index contributed by atoms with van der Waals surface area (Å²) in [6.07, 6.45) is 7.33. The summed E-state index contributed by atoms with van der Waals surface area (Å²) in [5, 5.41) is 5.98. The third kappa shape index (κ3) is 12.5. The molecule has 5 heteroatoms. The van der Waals surface area contributed by atoms with Crippen LogP contribution in [0.3, 0.4) is 0 Å². The van der Waals surface area contributed by atoms with Crippen molar-refractivity contribution in [2.75, 3.05) is 18.9 Å². The Morgan fingerprint density at radius 1 is 1.06 bits per heavy atom. The number of hydrogen-bond acceptors (Lipinski definition) is 3. The summed E-state index contributed by atoms with van der Waals surface area (Å²) in [6.45, 7) is 22.7. The molecule has 0 bridgehead atoms. The van der Waals surface area contributed by atoms with Gasteiger partial charge in [-0.1, -0.05) is 73.3 Å². The second kappa shape index (κ2) is 22.3. The molecule has 0 saturated heterocycles. The van der Waals surface area contributed by atoms with Crippen LogP contribution in [0.5, 0.6) is 0 Å². The maximum Gasteiger partial charge on any atom is 0.224 e. The molecule has 1 heterocycles. The number of aromatic nitrogens is 1. The van der Waals surface area contributed by atoms with Crippen LogP contribution < -0.4 is 10.6 Å². The second-order valence-electron chi connectivity index (χ2n) is 7.09.